The standard InChI is InChI=1S/C25H30Cl2FN7O.C24H32Cl2FN7O/c1-2-19-15-33(24-22(27)12-21(13-29-24)35-16-30-31-25(35)36)9-10-34(19)20-5-7-32(8-6-20)14-17-3-4-18(26)11-23(17)28;1-2-19-15-33(23-21(26)12-18(13-29-23)30-24(35)31-28)9-10-34(19)20-5-7-32(8-6-20)14-16-3-4-17(25)11-22(16)27/h3-4,11-13,16,19-20H,2,5-10,14-15H2,1H3,(H,31,36);3-4,11-13,19-20H,2,5-10,14-15,28H2,1H3,(H2,30,31,35)/t2*19-/m00/s1. The van der Waals surface area contributed by atoms with Crippen LogP contribution in [0.25, 0.3) is 5.69 Å². The molecule has 0 radical (unpaired) electrons. The molecule has 0 saturated carbocycles. The van der Waals surface area contributed by atoms with Crippen LogP contribution in [0.4, 0.5) is 30.9 Å². The average molecular weight is 1060 g/mol. The molecule has 0 bridgehead atoms. The second kappa shape index (κ2) is 24.4. The third kappa shape index (κ3) is 13.1. The lowest BCUT2D eigenvalue weighted by Crippen LogP contribution is -2.58. The summed E-state index contributed by atoms with van der Waals surface area (Å²) < 4.78 is 29.8. The Bertz CT molecular complexity index is 2650. The molecule has 7 heterocycles. The molecule has 2 amide bonds. The van der Waals surface area contributed by atoms with Crippen molar-refractivity contribution in [1.82, 2.24) is 49.8 Å². The first-order valence-electron chi connectivity index (χ1n) is 24.4. The number of aromatic amines is 1. The Balaban J connectivity index is 0.000000191. The van der Waals surface area contributed by atoms with Gasteiger partial charge in [-0.3, -0.25) is 25.0 Å². The number of carbonyl (C=O) groups excluding carboxylic acids is 1. The molecular weight excluding hydrogens is 996 g/mol. The first kappa shape index (κ1) is 52.7. The molecule has 16 nitrogen and oxygen atoms in total. The van der Waals surface area contributed by atoms with Crippen molar-refractivity contribution in [2.75, 3.05) is 80.6 Å². The molecule has 0 aliphatic carbocycles. The SMILES string of the molecule is CC[C@H]1CN(c2ncc(-n3cn[nH]c3=O)cc2Cl)CCN1C1CCN(Cc2ccc(Cl)cc2F)CC1.CC[C@H]1CN(c2ncc(NC(=O)NN)cc2Cl)CCN1C1CCN(Cc2ccc(Cl)cc2F)CC1. The monoisotopic (exact) mass is 1060 g/mol. The lowest BCUT2D eigenvalue weighted by molar-refractivity contribution is 0.0607. The van der Waals surface area contributed by atoms with Crippen molar-refractivity contribution in [3.05, 3.63) is 121 Å². The molecule has 3 aromatic heterocycles. The van der Waals surface area contributed by atoms with Crippen molar-refractivity contribution in [3.63, 3.8) is 0 Å². The third-order valence-corrected chi connectivity index (χ3v) is 15.3. The molecular formula is C49H62Cl4F2N14O2. The number of anilines is 3. The van der Waals surface area contributed by atoms with Crippen molar-refractivity contribution in [1.29, 1.82) is 0 Å². The lowest BCUT2D eigenvalue weighted by Gasteiger charge is -2.47. The molecule has 4 aliphatic rings. The molecule has 4 aliphatic heterocycles. The van der Waals surface area contributed by atoms with E-state index in [4.69, 9.17) is 52.2 Å². The van der Waals surface area contributed by atoms with Crippen LogP contribution in [0, 0.1) is 11.6 Å². The minimum Gasteiger partial charge on any atom is -0.353 e. The van der Waals surface area contributed by atoms with Gasteiger partial charge in [0.1, 0.15) is 29.6 Å². The van der Waals surface area contributed by atoms with Crippen LogP contribution in [-0.4, -0.2) is 140 Å². The Morgan fingerprint density at radius 2 is 1.20 bits per heavy atom. The number of aromatic nitrogens is 5. The Labute approximate surface area is 433 Å². The minimum atomic E-state index is -0.528. The van der Waals surface area contributed by atoms with E-state index in [9.17, 15) is 18.4 Å². The van der Waals surface area contributed by atoms with Crippen LogP contribution >= 0.6 is 46.4 Å². The molecule has 22 heteroatoms. The first-order valence-corrected chi connectivity index (χ1v) is 25.9. The Hall–Kier alpha value is -4.63. The van der Waals surface area contributed by atoms with Crippen molar-refractivity contribution in [2.45, 2.75) is 89.6 Å². The fourth-order valence-corrected chi connectivity index (χ4v) is 11.4. The molecule has 2 atom stereocenters. The number of nitrogens with zero attached hydrogens (tertiary/aromatic N) is 10. The number of hydrogen-bond donors (Lipinski definition) is 4. The second-order valence-corrected chi connectivity index (χ2v) is 20.3. The summed E-state index contributed by atoms with van der Waals surface area (Å²) in [5, 5.41) is 10.6. The quantitative estimate of drug-likeness (QED) is 0.0541. The number of carbonyl (C=O) groups is 1. The van der Waals surface area contributed by atoms with Crippen LogP contribution < -0.4 is 32.1 Å². The predicted molar refractivity (Wildman–Crippen MR) is 278 cm³/mol. The summed E-state index contributed by atoms with van der Waals surface area (Å²) in [6.45, 7) is 14.7. The number of halogens is 6. The van der Waals surface area contributed by atoms with Crippen LogP contribution in [-0.2, 0) is 13.1 Å². The Morgan fingerprint density at radius 1 is 0.704 bits per heavy atom. The van der Waals surface area contributed by atoms with Crippen molar-refractivity contribution >= 4 is 69.8 Å². The molecule has 382 valence electrons. The maximum atomic E-state index is 14.2. The van der Waals surface area contributed by atoms with E-state index in [1.807, 2.05) is 5.43 Å². The summed E-state index contributed by atoms with van der Waals surface area (Å²) in [6.07, 6.45) is 11.0. The van der Waals surface area contributed by atoms with E-state index in [1.165, 1.54) is 23.0 Å². The topological polar surface area (TPSA) is 163 Å². The van der Waals surface area contributed by atoms with Gasteiger partial charge in [-0.15, -0.1) is 0 Å². The second-order valence-electron chi connectivity index (χ2n) is 18.6. The molecule has 71 heavy (non-hydrogen) atoms. The van der Waals surface area contributed by atoms with Gasteiger partial charge in [0.15, 0.2) is 0 Å². The van der Waals surface area contributed by atoms with Gasteiger partial charge in [-0.05, 0) is 101 Å². The van der Waals surface area contributed by atoms with Crippen LogP contribution in [0.3, 0.4) is 0 Å². The molecule has 2 aromatic carbocycles. The Morgan fingerprint density at radius 3 is 1.62 bits per heavy atom. The van der Waals surface area contributed by atoms with E-state index in [-0.39, 0.29) is 17.3 Å². The number of amides is 2. The number of likely N-dealkylation sites (tertiary alicyclic amines) is 2. The van der Waals surface area contributed by atoms with Gasteiger partial charge in [0.2, 0.25) is 0 Å². The number of benzene rings is 2. The summed E-state index contributed by atoms with van der Waals surface area (Å²) in [5.74, 6) is 6.11. The maximum absolute atomic E-state index is 14.2. The van der Waals surface area contributed by atoms with Gasteiger partial charge in [0.25, 0.3) is 0 Å². The van der Waals surface area contributed by atoms with Gasteiger partial charge >= 0.3 is 11.7 Å². The van der Waals surface area contributed by atoms with Crippen LogP contribution in [0.5, 0.6) is 0 Å². The molecule has 4 saturated heterocycles. The summed E-state index contributed by atoms with van der Waals surface area (Å²) in [6, 6.07) is 14.6. The van der Waals surface area contributed by atoms with Crippen LogP contribution in [0.2, 0.25) is 20.1 Å². The van der Waals surface area contributed by atoms with E-state index in [0.29, 0.717) is 79.8 Å². The van der Waals surface area contributed by atoms with Crippen LogP contribution in [0.1, 0.15) is 63.5 Å². The van der Waals surface area contributed by atoms with Crippen molar-refractivity contribution in [3.8, 4) is 5.69 Å². The first-order chi connectivity index (χ1) is 34.3. The summed E-state index contributed by atoms with van der Waals surface area (Å²) >= 11 is 24.9. The number of H-pyrrole nitrogens is 1. The van der Waals surface area contributed by atoms with Gasteiger partial charge in [-0.2, -0.15) is 5.10 Å². The highest BCUT2D eigenvalue weighted by atomic mass is 35.5. The Kier molecular flexibility index (Phi) is 18.1. The van der Waals surface area contributed by atoms with Crippen LogP contribution in [0.15, 0.2) is 72.0 Å². The van der Waals surface area contributed by atoms with E-state index < -0.39 is 6.03 Å². The zero-order valence-electron chi connectivity index (χ0n) is 40.0. The lowest BCUT2D eigenvalue weighted by atomic mass is 9.97. The summed E-state index contributed by atoms with van der Waals surface area (Å²) in [7, 11) is 0. The number of nitrogens with two attached hydrogens (primary N) is 1. The summed E-state index contributed by atoms with van der Waals surface area (Å²) in [4.78, 5) is 46.8. The number of hydrazine groups is 1. The largest absolute Gasteiger partial charge is 0.353 e. The summed E-state index contributed by atoms with van der Waals surface area (Å²) in [5.41, 5.74) is 4.15. The number of pyridine rings is 2. The zero-order chi connectivity index (χ0) is 50.2. The molecule has 0 spiro atoms. The number of rotatable bonds is 12. The fraction of sp³-hybridized carbons (Fsp3) is 0.490. The highest BCUT2D eigenvalue weighted by Crippen LogP contribution is 2.33. The number of hydrogen-bond acceptors (Lipinski definition) is 12. The fourth-order valence-electron chi connectivity index (χ4n) is 10.5. The van der Waals surface area contributed by atoms with Gasteiger partial charge in [-0.1, -0.05) is 72.4 Å². The molecule has 5 N–H and O–H groups in total. The maximum Gasteiger partial charge on any atom is 0.347 e. The normalized spacial score (nSPS) is 20.2. The number of piperazine rings is 2. The van der Waals surface area contributed by atoms with E-state index in [2.05, 4.69) is 68.7 Å². The highest BCUT2D eigenvalue weighted by Gasteiger charge is 2.36. The number of urea groups is 1. The third-order valence-electron chi connectivity index (χ3n) is 14.3. The predicted octanol–water partition coefficient (Wildman–Crippen LogP) is 8.05. The van der Waals surface area contributed by atoms with Gasteiger partial charge < -0.3 is 15.1 Å². The smallest absolute Gasteiger partial charge is 0.347 e. The average Bonchev–Trinajstić information content (AvgIpc) is 3.81. The number of nitrogens with one attached hydrogen (secondary N) is 3. The zero-order valence-corrected chi connectivity index (χ0v) is 43.0. The highest BCUT2D eigenvalue weighted by molar-refractivity contribution is 6.33. The van der Waals surface area contributed by atoms with Gasteiger partial charge in [-0.25, -0.2) is 43.8 Å². The molecule has 9 rings (SSSR count). The molecule has 4 fully saturated rings. The molecule has 0 unspecified atom stereocenters. The molecule has 5 aromatic rings. The van der Waals surface area contributed by atoms with E-state index in [0.717, 1.165) is 116 Å². The number of piperidine rings is 2. The van der Waals surface area contributed by atoms with Gasteiger partial charge in [0.05, 0.1) is 33.8 Å². The minimum absolute atomic E-state index is 0.232. The van der Waals surface area contributed by atoms with Gasteiger partial charge in [0, 0.05) is 97.7 Å². The van der Waals surface area contributed by atoms with E-state index in [1.54, 1.807) is 48.8 Å². The van der Waals surface area contributed by atoms with E-state index >= 15 is 0 Å². The van der Waals surface area contributed by atoms with Crippen molar-refractivity contribution < 1.29 is 13.6 Å². The van der Waals surface area contributed by atoms with Crippen molar-refractivity contribution in [2.24, 2.45) is 5.84 Å².